The van der Waals surface area contributed by atoms with Gasteiger partial charge in [0.1, 0.15) is 0 Å². The quantitative estimate of drug-likeness (QED) is 0.319. The molecule has 0 bridgehead atoms. The summed E-state index contributed by atoms with van der Waals surface area (Å²) in [5.74, 6) is 5.36. The number of benzene rings is 1. The van der Waals surface area contributed by atoms with Crippen LogP contribution in [0.2, 0.25) is 0 Å². The number of phenolic OH excluding ortho intramolecular Hbond substituents is 1. The van der Waals surface area contributed by atoms with E-state index >= 15 is 0 Å². The molecule has 0 amide bonds. The first-order chi connectivity index (χ1) is 6.65. The Hall–Kier alpha value is -1.67. The Morgan fingerprint density at radius 3 is 2.86 bits per heavy atom. The normalized spacial score (nSPS) is 8.93. The fourth-order valence-corrected chi connectivity index (χ4v) is 0.968. The zero-order valence-electron chi connectivity index (χ0n) is 7.10. The van der Waals surface area contributed by atoms with Crippen LogP contribution in [0.4, 0.5) is 5.69 Å². The van der Waals surface area contributed by atoms with E-state index in [-0.39, 0.29) is 11.4 Å². The van der Waals surface area contributed by atoms with Gasteiger partial charge in [0.2, 0.25) is 0 Å². The molecule has 1 N–H and O–H groups in total. The average Bonchev–Trinajstić information content (AvgIpc) is 2.16. The summed E-state index contributed by atoms with van der Waals surface area (Å²) in [6.07, 6.45) is 0. The number of aromatic hydroxyl groups is 1. The molecule has 1 aromatic carbocycles. The second-order valence-electron chi connectivity index (χ2n) is 2.42. The van der Waals surface area contributed by atoms with Crippen molar-refractivity contribution in [2.24, 2.45) is 0 Å². The van der Waals surface area contributed by atoms with E-state index in [1.807, 2.05) is 0 Å². The molecule has 0 radical (unpaired) electrons. The smallest absolute Gasteiger partial charge is 0.311 e. The van der Waals surface area contributed by atoms with Crippen molar-refractivity contribution in [3.8, 4) is 17.6 Å². The second kappa shape index (κ2) is 4.53. The number of hydrogen-bond donors (Lipinski definition) is 2. The first kappa shape index (κ1) is 10.4. The molecule has 0 aromatic heterocycles. The standard InChI is InChI=1S/C9H7NO3S/c11-9-4-3-7(2-1-5-14)6-8(9)10(12)13/h3-4,6,11,14H,5H2. The van der Waals surface area contributed by atoms with Crippen molar-refractivity contribution in [1.82, 2.24) is 0 Å². The topological polar surface area (TPSA) is 63.4 Å². The van der Waals surface area contributed by atoms with Crippen LogP contribution in [0, 0.1) is 22.0 Å². The van der Waals surface area contributed by atoms with Gasteiger partial charge in [0.05, 0.1) is 10.7 Å². The Morgan fingerprint density at radius 2 is 2.29 bits per heavy atom. The Bertz CT molecular complexity index is 420. The Kier molecular flexibility index (Phi) is 3.37. The third-order valence-electron chi connectivity index (χ3n) is 1.48. The van der Waals surface area contributed by atoms with E-state index in [2.05, 4.69) is 24.5 Å². The van der Waals surface area contributed by atoms with Gasteiger partial charge < -0.3 is 5.11 Å². The van der Waals surface area contributed by atoms with Crippen LogP contribution >= 0.6 is 12.6 Å². The van der Waals surface area contributed by atoms with Crippen molar-refractivity contribution in [3.05, 3.63) is 33.9 Å². The summed E-state index contributed by atoms with van der Waals surface area (Å²) < 4.78 is 0. The molecule has 72 valence electrons. The molecule has 0 spiro atoms. The summed E-state index contributed by atoms with van der Waals surface area (Å²) in [5, 5.41) is 19.6. The van der Waals surface area contributed by atoms with E-state index in [1.165, 1.54) is 18.2 Å². The van der Waals surface area contributed by atoms with Crippen molar-refractivity contribution in [1.29, 1.82) is 0 Å². The molecule has 1 rings (SSSR count). The maximum atomic E-state index is 10.4. The number of hydrogen-bond acceptors (Lipinski definition) is 4. The van der Waals surface area contributed by atoms with E-state index in [0.717, 1.165) is 0 Å². The molecule has 0 atom stereocenters. The molecule has 5 heteroatoms. The Morgan fingerprint density at radius 1 is 1.57 bits per heavy atom. The molecule has 1 aromatic rings. The lowest BCUT2D eigenvalue weighted by atomic mass is 10.2. The minimum atomic E-state index is -0.652. The molecule has 4 nitrogen and oxygen atoms in total. The summed E-state index contributed by atoms with van der Waals surface area (Å²) >= 11 is 3.88. The molecule has 0 saturated heterocycles. The highest BCUT2D eigenvalue weighted by atomic mass is 32.1. The van der Waals surface area contributed by atoms with Gasteiger partial charge >= 0.3 is 5.69 Å². The van der Waals surface area contributed by atoms with E-state index in [4.69, 9.17) is 5.11 Å². The van der Waals surface area contributed by atoms with E-state index in [1.54, 1.807) is 0 Å². The highest BCUT2D eigenvalue weighted by Gasteiger charge is 2.12. The lowest BCUT2D eigenvalue weighted by Gasteiger charge is -1.95. The van der Waals surface area contributed by atoms with Crippen LogP contribution in [-0.4, -0.2) is 15.8 Å². The van der Waals surface area contributed by atoms with Gasteiger partial charge in [0, 0.05) is 11.6 Å². The Balaban J connectivity index is 3.13. The van der Waals surface area contributed by atoms with Gasteiger partial charge in [0.15, 0.2) is 5.75 Å². The zero-order chi connectivity index (χ0) is 10.6. The molecule has 0 unspecified atom stereocenters. The maximum absolute atomic E-state index is 10.4. The fourth-order valence-electron chi connectivity index (χ4n) is 0.889. The van der Waals surface area contributed by atoms with E-state index in [0.29, 0.717) is 11.3 Å². The monoisotopic (exact) mass is 209 g/mol. The highest BCUT2D eigenvalue weighted by molar-refractivity contribution is 7.80. The van der Waals surface area contributed by atoms with Gasteiger partial charge in [-0.3, -0.25) is 10.1 Å². The van der Waals surface area contributed by atoms with Crippen LogP contribution in [-0.2, 0) is 0 Å². The number of nitrogens with zero attached hydrogens (tertiary/aromatic N) is 1. The van der Waals surface area contributed by atoms with Crippen LogP contribution in [0.15, 0.2) is 18.2 Å². The Labute approximate surface area is 86.1 Å². The third kappa shape index (κ3) is 2.41. The molecule has 14 heavy (non-hydrogen) atoms. The van der Waals surface area contributed by atoms with Crippen LogP contribution in [0.3, 0.4) is 0 Å². The van der Waals surface area contributed by atoms with Gasteiger partial charge in [-0.15, -0.1) is 0 Å². The molecule has 0 saturated carbocycles. The number of rotatable bonds is 1. The second-order valence-corrected chi connectivity index (χ2v) is 2.74. The largest absolute Gasteiger partial charge is 0.502 e. The van der Waals surface area contributed by atoms with Crippen molar-refractivity contribution in [2.45, 2.75) is 0 Å². The number of thiol groups is 1. The van der Waals surface area contributed by atoms with Crippen molar-refractivity contribution >= 4 is 18.3 Å². The highest BCUT2D eigenvalue weighted by Crippen LogP contribution is 2.25. The van der Waals surface area contributed by atoms with Crippen molar-refractivity contribution in [3.63, 3.8) is 0 Å². The fraction of sp³-hybridized carbons (Fsp3) is 0.111. The molecule has 0 fully saturated rings. The first-order valence-electron chi connectivity index (χ1n) is 3.72. The first-order valence-corrected chi connectivity index (χ1v) is 4.35. The summed E-state index contributed by atoms with van der Waals surface area (Å²) in [6.45, 7) is 0. The lowest BCUT2D eigenvalue weighted by Crippen LogP contribution is -1.89. The average molecular weight is 209 g/mol. The molecule has 0 aliphatic heterocycles. The molecule has 0 heterocycles. The van der Waals surface area contributed by atoms with Gasteiger partial charge in [-0.05, 0) is 12.1 Å². The van der Waals surface area contributed by atoms with Crippen molar-refractivity contribution < 1.29 is 10.0 Å². The molecule has 0 aliphatic rings. The minimum absolute atomic E-state index is 0.337. The van der Waals surface area contributed by atoms with Crippen LogP contribution in [0.1, 0.15) is 5.56 Å². The van der Waals surface area contributed by atoms with Gasteiger partial charge in [-0.1, -0.05) is 11.8 Å². The number of nitro groups is 1. The van der Waals surface area contributed by atoms with E-state index < -0.39 is 4.92 Å². The summed E-state index contributed by atoms with van der Waals surface area (Å²) in [5.41, 5.74) is 0.152. The predicted molar refractivity (Wildman–Crippen MR) is 55.5 cm³/mol. The van der Waals surface area contributed by atoms with Crippen molar-refractivity contribution in [2.75, 3.05) is 5.75 Å². The van der Waals surface area contributed by atoms with Crippen LogP contribution in [0.5, 0.6) is 5.75 Å². The summed E-state index contributed by atoms with van der Waals surface area (Å²) in [7, 11) is 0. The maximum Gasteiger partial charge on any atom is 0.311 e. The predicted octanol–water partition coefficient (Wildman–Crippen LogP) is 1.58. The molecular formula is C9H7NO3S. The van der Waals surface area contributed by atoms with Gasteiger partial charge in [0.25, 0.3) is 0 Å². The number of phenols is 1. The van der Waals surface area contributed by atoms with E-state index in [9.17, 15) is 10.1 Å². The van der Waals surface area contributed by atoms with Crippen LogP contribution in [0.25, 0.3) is 0 Å². The lowest BCUT2D eigenvalue weighted by molar-refractivity contribution is -0.385. The molecule has 0 aliphatic carbocycles. The summed E-state index contributed by atoms with van der Waals surface area (Å²) in [4.78, 5) is 9.78. The SMILES string of the molecule is O=[N+]([O-])c1cc(C#CCS)ccc1O. The number of nitro benzene ring substituents is 1. The van der Waals surface area contributed by atoms with Gasteiger partial charge in [-0.2, -0.15) is 12.6 Å². The summed E-state index contributed by atoms with van der Waals surface area (Å²) in [6, 6.07) is 3.99. The minimum Gasteiger partial charge on any atom is -0.502 e. The van der Waals surface area contributed by atoms with Crippen LogP contribution < -0.4 is 0 Å². The zero-order valence-corrected chi connectivity index (χ0v) is 7.99. The third-order valence-corrected chi connectivity index (χ3v) is 1.64. The molecular weight excluding hydrogens is 202 g/mol. The van der Waals surface area contributed by atoms with Gasteiger partial charge in [-0.25, -0.2) is 0 Å².